The van der Waals surface area contributed by atoms with E-state index in [4.69, 9.17) is 5.11 Å². The van der Waals surface area contributed by atoms with Crippen LogP contribution in [-0.2, 0) is 0 Å². The van der Waals surface area contributed by atoms with E-state index < -0.39 is 0 Å². The fourth-order valence-corrected chi connectivity index (χ4v) is 2.11. The van der Waals surface area contributed by atoms with Gasteiger partial charge < -0.3 is 5.11 Å². The van der Waals surface area contributed by atoms with Gasteiger partial charge in [-0.15, -0.1) is 0 Å². The molecule has 2 atom stereocenters. The smallest absolute Gasteiger partial charge is 0.0459 e. The predicted octanol–water partition coefficient (Wildman–Crippen LogP) is 2.59. The van der Waals surface area contributed by atoms with Crippen molar-refractivity contribution in [2.45, 2.75) is 45.4 Å². The Labute approximate surface area is 69.8 Å². The van der Waals surface area contributed by atoms with Crippen molar-refractivity contribution in [3.05, 3.63) is 0 Å². The van der Waals surface area contributed by atoms with E-state index in [1.54, 1.807) is 0 Å². The van der Waals surface area contributed by atoms with Crippen molar-refractivity contribution < 1.29 is 5.11 Å². The molecule has 1 fully saturated rings. The minimum atomic E-state index is 0.413. The van der Waals surface area contributed by atoms with E-state index in [1.165, 1.54) is 38.5 Å². The maximum Gasteiger partial charge on any atom is 0.0459 e. The molecule has 0 aromatic heterocycles. The lowest BCUT2D eigenvalue weighted by Crippen LogP contribution is -2.09. The van der Waals surface area contributed by atoms with Gasteiger partial charge in [-0.3, -0.25) is 0 Å². The van der Waals surface area contributed by atoms with Crippen LogP contribution in [0.2, 0.25) is 0 Å². The first-order valence-corrected chi connectivity index (χ1v) is 4.97. The third-order valence-electron chi connectivity index (χ3n) is 2.98. The average molecular weight is 156 g/mol. The molecule has 0 heterocycles. The Morgan fingerprint density at radius 3 is 2.36 bits per heavy atom. The molecule has 1 aliphatic carbocycles. The van der Waals surface area contributed by atoms with Crippen molar-refractivity contribution in [2.24, 2.45) is 11.8 Å². The summed E-state index contributed by atoms with van der Waals surface area (Å²) in [5.41, 5.74) is 0. The topological polar surface area (TPSA) is 20.2 Å². The van der Waals surface area contributed by atoms with Crippen LogP contribution < -0.4 is 0 Å². The largest absolute Gasteiger partial charge is 0.396 e. The first-order valence-electron chi connectivity index (χ1n) is 4.97. The predicted molar refractivity (Wildman–Crippen MR) is 47.4 cm³/mol. The van der Waals surface area contributed by atoms with E-state index in [0.29, 0.717) is 12.5 Å². The molecule has 0 saturated heterocycles. The summed E-state index contributed by atoms with van der Waals surface area (Å²) in [6.45, 7) is 2.68. The van der Waals surface area contributed by atoms with Gasteiger partial charge in [-0.05, 0) is 24.7 Å². The highest BCUT2D eigenvalue weighted by atomic mass is 16.3. The van der Waals surface area contributed by atoms with E-state index >= 15 is 0 Å². The van der Waals surface area contributed by atoms with Gasteiger partial charge in [-0.25, -0.2) is 0 Å². The maximum atomic E-state index is 9.03. The Balaban J connectivity index is 2.33. The zero-order valence-electron chi connectivity index (χ0n) is 7.55. The third-order valence-corrected chi connectivity index (χ3v) is 2.98. The lowest BCUT2D eigenvalue weighted by molar-refractivity contribution is 0.198. The highest BCUT2D eigenvalue weighted by Gasteiger charge is 2.17. The van der Waals surface area contributed by atoms with Gasteiger partial charge >= 0.3 is 0 Å². The molecule has 1 rings (SSSR count). The Morgan fingerprint density at radius 2 is 1.82 bits per heavy atom. The van der Waals surface area contributed by atoms with Crippen LogP contribution in [0.15, 0.2) is 0 Å². The zero-order chi connectivity index (χ0) is 8.10. The molecule has 0 aromatic carbocycles. The molecule has 1 heteroatoms. The quantitative estimate of drug-likeness (QED) is 0.609. The zero-order valence-corrected chi connectivity index (χ0v) is 7.55. The van der Waals surface area contributed by atoms with Crippen LogP contribution >= 0.6 is 0 Å². The fourth-order valence-electron chi connectivity index (χ4n) is 2.11. The van der Waals surface area contributed by atoms with Gasteiger partial charge in [0.05, 0.1) is 0 Å². The molecule has 2 unspecified atom stereocenters. The number of hydrogen-bond acceptors (Lipinski definition) is 1. The fraction of sp³-hybridized carbons (Fsp3) is 1.00. The number of aliphatic hydroxyl groups is 1. The molecule has 0 radical (unpaired) electrons. The summed E-state index contributed by atoms with van der Waals surface area (Å²) in [5, 5.41) is 9.03. The lowest BCUT2D eigenvalue weighted by atomic mass is 9.92. The van der Waals surface area contributed by atoms with Gasteiger partial charge in [0, 0.05) is 6.61 Å². The Bertz CT molecular complexity index is 89.0. The molecular formula is C10H20O. The van der Waals surface area contributed by atoms with Crippen molar-refractivity contribution in [2.75, 3.05) is 6.61 Å². The summed E-state index contributed by atoms with van der Waals surface area (Å²) in [4.78, 5) is 0. The van der Waals surface area contributed by atoms with Crippen molar-refractivity contribution in [3.8, 4) is 0 Å². The molecular weight excluding hydrogens is 136 g/mol. The standard InChI is InChI=1S/C10H20O/c1-2-9-5-3-4-6-10(7-9)8-11/h9-11H,2-8H2,1H3. The molecule has 1 N–H and O–H groups in total. The monoisotopic (exact) mass is 156 g/mol. The van der Waals surface area contributed by atoms with Crippen LogP contribution in [0.25, 0.3) is 0 Å². The van der Waals surface area contributed by atoms with Crippen LogP contribution in [0.3, 0.4) is 0 Å². The van der Waals surface area contributed by atoms with E-state index in [9.17, 15) is 0 Å². The second-order valence-electron chi connectivity index (χ2n) is 3.84. The first kappa shape index (κ1) is 9.05. The Hall–Kier alpha value is -0.0400. The molecule has 0 aliphatic heterocycles. The maximum absolute atomic E-state index is 9.03. The molecule has 0 bridgehead atoms. The molecule has 11 heavy (non-hydrogen) atoms. The van der Waals surface area contributed by atoms with E-state index in [1.807, 2.05) is 0 Å². The number of hydrogen-bond donors (Lipinski definition) is 1. The van der Waals surface area contributed by atoms with Crippen molar-refractivity contribution in [1.82, 2.24) is 0 Å². The van der Waals surface area contributed by atoms with Gasteiger partial charge in [-0.2, -0.15) is 0 Å². The molecule has 0 amide bonds. The lowest BCUT2D eigenvalue weighted by Gasteiger charge is -2.15. The van der Waals surface area contributed by atoms with Crippen LogP contribution in [0.5, 0.6) is 0 Å². The van der Waals surface area contributed by atoms with Crippen LogP contribution in [0.1, 0.15) is 45.4 Å². The molecule has 1 aliphatic rings. The summed E-state index contributed by atoms with van der Waals surface area (Å²) in [6, 6.07) is 0. The van der Waals surface area contributed by atoms with Crippen LogP contribution in [0, 0.1) is 11.8 Å². The second kappa shape index (κ2) is 4.76. The van der Waals surface area contributed by atoms with Gasteiger partial charge in [0.15, 0.2) is 0 Å². The summed E-state index contributed by atoms with van der Waals surface area (Å²) in [5.74, 6) is 1.51. The van der Waals surface area contributed by atoms with Crippen molar-refractivity contribution >= 4 is 0 Å². The molecule has 0 spiro atoms. The SMILES string of the molecule is CCC1CCCCC(CO)C1. The van der Waals surface area contributed by atoms with Gasteiger partial charge in [0.25, 0.3) is 0 Å². The summed E-state index contributed by atoms with van der Waals surface area (Å²) < 4.78 is 0. The number of aliphatic hydroxyl groups excluding tert-OH is 1. The molecule has 1 nitrogen and oxygen atoms in total. The third kappa shape index (κ3) is 2.82. The van der Waals surface area contributed by atoms with Gasteiger partial charge in [-0.1, -0.05) is 32.6 Å². The first-order chi connectivity index (χ1) is 5.36. The van der Waals surface area contributed by atoms with E-state index in [-0.39, 0.29) is 0 Å². The average Bonchev–Trinajstić information content (AvgIpc) is 2.28. The molecule has 66 valence electrons. The second-order valence-corrected chi connectivity index (χ2v) is 3.84. The van der Waals surface area contributed by atoms with Crippen LogP contribution in [-0.4, -0.2) is 11.7 Å². The van der Waals surface area contributed by atoms with Gasteiger partial charge in [0.2, 0.25) is 0 Å². The highest BCUT2D eigenvalue weighted by molar-refractivity contribution is 4.69. The van der Waals surface area contributed by atoms with Crippen molar-refractivity contribution in [3.63, 3.8) is 0 Å². The number of rotatable bonds is 2. The minimum absolute atomic E-state index is 0.413. The Kier molecular flexibility index (Phi) is 3.92. The normalized spacial score (nSPS) is 33.3. The highest BCUT2D eigenvalue weighted by Crippen LogP contribution is 2.28. The Morgan fingerprint density at radius 1 is 1.18 bits per heavy atom. The molecule has 1 saturated carbocycles. The summed E-state index contributed by atoms with van der Waals surface area (Å²) in [7, 11) is 0. The van der Waals surface area contributed by atoms with E-state index in [2.05, 4.69) is 6.92 Å². The summed E-state index contributed by atoms with van der Waals surface area (Å²) >= 11 is 0. The van der Waals surface area contributed by atoms with Crippen LogP contribution in [0.4, 0.5) is 0 Å². The van der Waals surface area contributed by atoms with Gasteiger partial charge in [0.1, 0.15) is 0 Å². The molecule has 0 aromatic rings. The van der Waals surface area contributed by atoms with Crippen molar-refractivity contribution in [1.29, 1.82) is 0 Å². The summed E-state index contributed by atoms with van der Waals surface area (Å²) in [6.07, 6.45) is 7.94. The minimum Gasteiger partial charge on any atom is -0.396 e. The van der Waals surface area contributed by atoms with E-state index in [0.717, 1.165) is 5.92 Å².